The highest BCUT2D eigenvalue weighted by atomic mass is 32.2. The molecular formula is C17H19FN2O3S2. The zero-order valence-electron chi connectivity index (χ0n) is 13.7. The largest absolute Gasteiger partial charge is 0.352 e. The maximum atomic E-state index is 12.8. The molecular weight excluding hydrogens is 363 g/mol. The Morgan fingerprint density at radius 3 is 2.32 bits per heavy atom. The number of rotatable bonds is 8. The van der Waals surface area contributed by atoms with E-state index in [-0.39, 0.29) is 16.6 Å². The lowest BCUT2D eigenvalue weighted by atomic mass is 10.2. The van der Waals surface area contributed by atoms with Crippen molar-refractivity contribution in [2.45, 2.75) is 16.2 Å². The summed E-state index contributed by atoms with van der Waals surface area (Å²) in [5, 5.41) is 2.79. The number of carbonyl (C=O) groups excluding carboxylic acids is 1. The second-order valence-corrected chi connectivity index (χ2v) is 8.20. The molecule has 1 amide bonds. The number of benzene rings is 2. The van der Waals surface area contributed by atoms with E-state index in [0.29, 0.717) is 12.1 Å². The first-order chi connectivity index (χ1) is 11.9. The summed E-state index contributed by atoms with van der Waals surface area (Å²) in [7, 11) is -2.17. The minimum Gasteiger partial charge on any atom is -0.352 e. The lowest BCUT2D eigenvalue weighted by Crippen LogP contribution is -2.25. The van der Waals surface area contributed by atoms with Gasteiger partial charge in [0.15, 0.2) is 0 Å². The third-order valence-electron chi connectivity index (χ3n) is 3.38. The van der Waals surface area contributed by atoms with Crippen molar-refractivity contribution < 1.29 is 17.6 Å². The molecule has 0 saturated heterocycles. The van der Waals surface area contributed by atoms with Gasteiger partial charge in [-0.15, -0.1) is 11.8 Å². The van der Waals surface area contributed by atoms with E-state index >= 15 is 0 Å². The Labute approximate surface area is 151 Å². The van der Waals surface area contributed by atoms with Crippen LogP contribution in [0, 0.1) is 5.82 Å². The molecule has 2 aromatic carbocycles. The lowest BCUT2D eigenvalue weighted by Gasteiger charge is -2.07. The third kappa shape index (κ3) is 5.84. The Kier molecular flexibility index (Phi) is 6.98. The monoisotopic (exact) mass is 382 g/mol. The molecule has 2 rings (SSSR count). The summed E-state index contributed by atoms with van der Waals surface area (Å²) in [5.74, 6) is 0.288. The minimum atomic E-state index is -3.50. The maximum absolute atomic E-state index is 12.8. The molecule has 5 nitrogen and oxygen atoms in total. The van der Waals surface area contributed by atoms with Crippen LogP contribution in [0.15, 0.2) is 58.3 Å². The van der Waals surface area contributed by atoms with Crippen molar-refractivity contribution >= 4 is 27.7 Å². The summed E-state index contributed by atoms with van der Waals surface area (Å²) < 4.78 is 38.3. The van der Waals surface area contributed by atoms with Crippen LogP contribution in [0.1, 0.15) is 16.8 Å². The van der Waals surface area contributed by atoms with Gasteiger partial charge in [0, 0.05) is 17.0 Å². The molecule has 8 heteroatoms. The summed E-state index contributed by atoms with van der Waals surface area (Å²) in [6, 6.07) is 12.0. The van der Waals surface area contributed by atoms with E-state index in [2.05, 4.69) is 10.0 Å². The molecule has 0 radical (unpaired) electrons. The molecule has 0 aliphatic rings. The smallest absolute Gasteiger partial charge is 0.251 e. The van der Waals surface area contributed by atoms with E-state index in [1.807, 2.05) is 0 Å². The Balaban J connectivity index is 1.75. The fourth-order valence-electron chi connectivity index (χ4n) is 2.00. The van der Waals surface area contributed by atoms with E-state index in [4.69, 9.17) is 0 Å². The lowest BCUT2D eigenvalue weighted by molar-refractivity contribution is 0.0953. The number of amides is 1. The first-order valence-corrected chi connectivity index (χ1v) is 10.1. The highest BCUT2D eigenvalue weighted by Crippen LogP contribution is 2.18. The number of hydrogen-bond donors (Lipinski definition) is 2. The van der Waals surface area contributed by atoms with E-state index in [0.717, 1.165) is 17.1 Å². The fourth-order valence-corrected chi connectivity index (χ4v) is 3.58. The number of thioether (sulfide) groups is 1. The number of nitrogens with one attached hydrogen (secondary N) is 2. The Hall–Kier alpha value is -1.90. The molecule has 0 spiro atoms. The van der Waals surface area contributed by atoms with Crippen LogP contribution < -0.4 is 10.0 Å². The van der Waals surface area contributed by atoms with Crippen molar-refractivity contribution in [3.63, 3.8) is 0 Å². The van der Waals surface area contributed by atoms with Crippen molar-refractivity contribution in [1.29, 1.82) is 0 Å². The van der Waals surface area contributed by atoms with Gasteiger partial charge in [-0.2, -0.15) is 0 Å². The van der Waals surface area contributed by atoms with E-state index in [9.17, 15) is 17.6 Å². The van der Waals surface area contributed by atoms with Crippen LogP contribution in [0.3, 0.4) is 0 Å². The van der Waals surface area contributed by atoms with Gasteiger partial charge in [0.2, 0.25) is 10.0 Å². The molecule has 2 N–H and O–H groups in total. The minimum absolute atomic E-state index is 0.113. The van der Waals surface area contributed by atoms with Crippen LogP contribution in [-0.4, -0.2) is 33.7 Å². The van der Waals surface area contributed by atoms with Crippen molar-refractivity contribution in [2.24, 2.45) is 0 Å². The van der Waals surface area contributed by atoms with Gasteiger partial charge in [0.05, 0.1) is 4.90 Å². The average molecular weight is 382 g/mol. The molecule has 0 unspecified atom stereocenters. The van der Waals surface area contributed by atoms with Crippen LogP contribution in [0.4, 0.5) is 4.39 Å². The highest BCUT2D eigenvalue weighted by molar-refractivity contribution is 7.99. The third-order valence-corrected chi connectivity index (χ3v) is 5.91. The van der Waals surface area contributed by atoms with Gasteiger partial charge in [0.25, 0.3) is 5.91 Å². The predicted molar refractivity (Wildman–Crippen MR) is 96.8 cm³/mol. The van der Waals surface area contributed by atoms with E-state index in [1.54, 1.807) is 23.9 Å². The standard InChI is InChI=1S/C17H19FN2O3S2/c1-19-25(22,23)16-9-3-13(4-10-16)17(21)20-11-2-12-24-15-7-5-14(18)6-8-15/h3-10,19H,2,11-12H2,1H3,(H,20,21). The molecule has 0 fully saturated rings. The zero-order chi connectivity index (χ0) is 18.3. The number of hydrogen-bond acceptors (Lipinski definition) is 4. The van der Waals surface area contributed by atoms with Crippen LogP contribution in [0.2, 0.25) is 0 Å². The summed E-state index contributed by atoms with van der Waals surface area (Å²) in [5.41, 5.74) is 0.404. The number of sulfonamides is 1. The van der Waals surface area contributed by atoms with Gasteiger partial charge < -0.3 is 5.32 Å². The van der Waals surface area contributed by atoms with Gasteiger partial charge in [0.1, 0.15) is 5.82 Å². The van der Waals surface area contributed by atoms with Gasteiger partial charge in [-0.3, -0.25) is 4.79 Å². The molecule has 0 aliphatic carbocycles. The molecule has 0 bridgehead atoms. The maximum Gasteiger partial charge on any atom is 0.251 e. The van der Waals surface area contributed by atoms with E-state index in [1.165, 1.54) is 43.4 Å². The fraction of sp³-hybridized carbons (Fsp3) is 0.235. The Morgan fingerprint density at radius 2 is 1.72 bits per heavy atom. The van der Waals surface area contributed by atoms with Crippen LogP contribution in [0.5, 0.6) is 0 Å². The molecule has 0 saturated carbocycles. The first kappa shape index (κ1) is 19.4. The Morgan fingerprint density at radius 1 is 1.08 bits per heavy atom. The SMILES string of the molecule is CNS(=O)(=O)c1ccc(C(=O)NCCCSc2ccc(F)cc2)cc1. The summed E-state index contributed by atoms with van der Waals surface area (Å²) in [4.78, 5) is 13.1. The highest BCUT2D eigenvalue weighted by Gasteiger charge is 2.12. The van der Waals surface area contributed by atoms with Crippen molar-refractivity contribution in [1.82, 2.24) is 10.0 Å². The van der Waals surface area contributed by atoms with Crippen LogP contribution in [0.25, 0.3) is 0 Å². The summed E-state index contributed by atoms with van der Waals surface area (Å²) >= 11 is 1.59. The van der Waals surface area contributed by atoms with E-state index < -0.39 is 10.0 Å². The number of halogens is 1. The quantitative estimate of drug-likeness (QED) is 0.544. The average Bonchev–Trinajstić information content (AvgIpc) is 2.63. The molecule has 25 heavy (non-hydrogen) atoms. The number of carbonyl (C=O) groups is 1. The molecule has 0 aromatic heterocycles. The molecule has 134 valence electrons. The molecule has 0 aliphatic heterocycles. The van der Waals surface area contributed by atoms with Crippen LogP contribution in [-0.2, 0) is 10.0 Å². The molecule has 2 aromatic rings. The van der Waals surface area contributed by atoms with Gasteiger partial charge >= 0.3 is 0 Å². The second-order valence-electron chi connectivity index (χ2n) is 5.14. The van der Waals surface area contributed by atoms with Crippen LogP contribution >= 0.6 is 11.8 Å². The topological polar surface area (TPSA) is 75.3 Å². The molecule has 0 atom stereocenters. The van der Waals surface area contributed by atoms with Gasteiger partial charge in [-0.25, -0.2) is 17.5 Å². The zero-order valence-corrected chi connectivity index (χ0v) is 15.3. The molecule has 0 heterocycles. The normalized spacial score (nSPS) is 11.3. The summed E-state index contributed by atoms with van der Waals surface area (Å²) in [6.07, 6.45) is 0.764. The first-order valence-electron chi connectivity index (χ1n) is 7.62. The Bertz CT molecular complexity index is 807. The summed E-state index contributed by atoms with van der Waals surface area (Å²) in [6.45, 7) is 0.504. The van der Waals surface area contributed by atoms with Gasteiger partial charge in [-0.05, 0) is 67.8 Å². The second kappa shape index (κ2) is 8.98. The predicted octanol–water partition coefficient (Wildman–Crippen LogP) is 2.65. The van der Waals surface area contributed by atoms with Crippen molar-refractivity contribution in [3.8, 4) is 0 Å². The van der Waals surface area contributed by atoms with Gasteiger partial charge in [-0.1, -0.05) is 0 Å². The van der Waals surface area contributed by atoms with Crippen molar-refractivity contribution in [3.05, 3.63) is 59.9 Å². The van der Waals surface area contributed by atoms with Crippen molar-refractivity contribution in [2.75, 3.05) is 19.3 Å².